The van der Waals surface area contributed by atoms with Gasteiger partial charge in [0, 0.05) is 29.2 Å². The molecule has 104 valence electrons. The van der Waals surface area contributed by atoms with Crippen LogP contribution < -0.4 is 17.7 Å². The van der Waals surface area contributed by atoms with Crippen LogP contribution >= 0.6 is 0 Å². The normalized spacial score (nSPS) is 18.1. The number of aliphatic hydroxyl groups excluding tert-OH is 1. The number of hydrogen-bond acceptors (Lipinski definition) is 2. The summed E-state index contributed by atoms with van der Waals surface area (Å²) in [5.74, 6) is 0. The third-order valence-corrected chi connectivity index (χ3v) is 3.87. The number of nitrogens with one attached hydrogen (secondary N) is 2. The van der Waals surface area contributed by atoms with Crippen molar-refractivity contribution in [3.05, 3.63) is 35.0 Å². The molecule has 3 nitrogen and oxygen atoms in total. The Balaban J connectivity index is 0.00000133. The van der Waals surface area contributed by atoms with E-state index in [0.717, 1.165) is 12.8 Å². The van der Waals surface area contributed by atoms with Crippen molar-refractivity contribution in [2.24, 2.45) is 0 Å². The van der Waals surface area contributed by atoms with E-state index in [1.807, 2.05) is 0 Å². The Bertz CT molecular complexity index is 565. The van der Waals surface area contributed by atoms with Crippen molar-refractivity contribution in [3.63, 3.8) is 0 Å². The number of H-pyrrole nitrogens is 1. The van der Waals surface area contributed by atoms with Gasteiger partial charge in [-0.3, -0.25) is 0 Å². The molecule has 0 saturated heterocycles. The van der Waals surface area contributed by atoms with Crippen LogP contribution in [0.15, 0.2) is 18.2 Å². The van der Waals surface area contributed by atoms with Crippen LogP contribution in [0.25, 0.3) is 10.9 Å². The summed E-state index contributed by atoms with van der Waals surface area (Å²) in [6.45, 7) is 3.01. The number of fused-ring (bicyclic) bond motifs is 3. The Morgan fingerprint density at radius 1 is 1.42 bits per heavy atom. The molecule has 1 aliphatic rings. The third-order valence-electron chi connectivity index (χ3n) is 3.87. The minimum Gasteiger partial charge on any atom is -1.00 e. The van der Waals surface area contributed by atoms with Gasteiger partial charge in [0.2, 0.25) is 0 Å². The topological polar surface area (TPSA) is 48.0 Å². The summed E-state index contributed by atoms with van der Waals surface area (Å²) in [5.41, 5.74) is 5.35. The molecule has 0 aliphatic heterocycles. The number of aryl methyl sites for hydroxylation is 2. The lowest BCUT2D eigenvalue weighted by atomic mass is 9.91. The van der Waals surface area contributed by atoms with Crippen LogP contribution in [0.4, 0.5) is 0 Å². The predicted octanol–water partition coefficient (Wildman–Crippen LogP) is -0.560. The number of aromatic amines is 1. The molecular weight excluding hydrogens is 260 g/mol. The lowest BCUT2D eigenvalue weighted by Crippen LogP contribution is -3.00. The summed E-state index contributed by atoms with van der Waals surface area (Å²) in [6.07, 6.45) is 3.53. The monoisotopic (exact) mass is 279 g/mol. The zero-order chi connectivity index (χ0) is 12.5. The molecule has 0 amide bonds. The average Bonchev–Trinajstić information content (AvgIpc) is 2.75. The summed E-state index contributed by atoms with van der Waals surface area (Å²) in [5, 5.41) is 13.7. The fourth-order valence-corrected chi connectivity index (χ4v) is 3.02. The van der Waals surface area contributed by atoms with Crippen molar-refractivity contribution in [1.29, 1.82) is 0 Å². The molecule has 1 atom stereocenters. The molecule has 0 spiro atoms. The van der Waals surface area contributed by atoms with Crippen molar-refractivity contribution in [2.75, 3.05) is 13.2 Å². The van der Waals surface area contributed by atoms with Gasteiger partial charge in [0.05, 0.1) is 6.61 Å². The van der Waals surface area contributed by atoms with E-state index in [-0.39, 0.29) is 19.0 Å². The van der Waals surface area contributed by atoms with Gasteiger partial charge in [-0.1, -0.05) is 11.6 Å². The van der Waals surface area contributed by atoms with Crippen molar-refractivity contribution in [1.82, 2.24) is 10.3 Å². The van der Waals surface area contributed by atoms with E-state index < -0.39 is 0 Å². The molecule has 0 saturated carbocycles. The van der Waals surface area contributed by atoms with E-state index in [1.165, 1.54) is 34.1 Å². The molecule has 1 unspecified atom stereocenters. The van der Waals surface area contributed by atoms with Gasteiger partial charge >= 0.3 is 0 Å². The Kier molecular flexibility index (Phi) is 4.50. The number of aromatic nitrogens is 1. The maximum absolute atomic E-state index is 8.95. The minimum atomic E-state index is 0. The number of rotatable bonds is 3. The largest absolute Gasteiger partial charge is 1.00 e. The van der Waals surface area contributed by atoms with Gasteiger partial charge in [-0.05, 0) is 43.9 Å². The summed E-state index contributed by atoms with van der Waals surface area (Å²) >= 11 is 0. The highest BCUT2D eigenvalue weighted by Crippen LogP contribution is 2.34. The average molecular weight is 280 g/mol. The van der Waals surface area contributed by atoms with Crippen molar-refractivity contribution in [3.8, 4) is 0 Å². The molecule has 3 N–H and O–H groups in total. The summed E-state index contributed by atoms with van der Waals surface area (Å²) in [6, 6.07) is 6.97. The maximum atomic E-state index is 8.95. The van der Waals surface area contributed by atoms with Crippen molar-refractivity contribution in [2.45, 2.75) is 32.2 Å². The Morgan fingerprint density at radius 3 is 3.05 bits per heavy atom. The molecule has 1 aromatic carbocycles. The van der Waals surface area contributed by atoms with Gasteiger partial charge in [-0.25, -0.2) is 0 Å². The highest BCUT2D eigenvalue weighted by molar-refractivity contribution is 5.85. The van der Waals surface area contributed by atoms with E-state index in [4.69, 9.17) is 5.11 Å². The molecule has 19 heavy (non-hydrogen) atoms. The molecular formula is C15H20ClN2O-. The second kappa shape index (κ2) is 5.95. The molecule has 0 radical (unpaired) electrons. The molecule has 4 heteroatoms. The number of hydrogen-bond donors (Lipinski definition) is 3. The first-order chi connectivity index (χ1) is 8.79. The second-order valence-electron chi connectivity index (χ2n) is 5.19. The van der Waals surface area contributed by atoms with Crippen LogP contribution in [0.3, 0.4) is 0 Å². The van der Waals surface area contributed by atoms with Crippen molar-refractivity contribution < 1.29 is 17.5 Å². The van der Waals surface area contributed by atoms with Gasteiger partial charge in [0.1, 0.15) is 0 Å². The highest BCUT2D eigenvalue weighted by Gasteiger charge is 2.23. The predicted molar refractivity (Wildman–Crippen MR) is 73.8 cm³/mol. The Labute approximate surface area is 119 Å². The van der Waals surface area contributed by atoms with E-state index in [0.29, 0.717) is 12.6 Å². The SMILES string of the molecule is Cc1ccc2[nH]c3c(c2c1)CCCC3NCCO.[Cl-]. The van der Waals surface area contributed by atoms with Crippen LogP contribution in [0.5, 0.6) is 0 Å². The standard InChI is InChI=1S/C15H20N2O.ClH/c1-10-5-6-13-12(9-10)11-3-2-4-14(15(11)17-13)16-7-8-18;/h5-6,9,14,16-18H,2-4,7-8H2,1H3;1H/p-1. The lowest BCUT2D eigenvalue weighted by Gasteiger charge is -2.23. The van der Waals surface area contributed by atoms with E-state index >= 15 is 0 Å². The van der Waals surface area contributed by atoms with Gasteiger partial charge < -0.3 is 27.8 Å². The first-order valence-electron chi connectivity index (χ1n) is 6.75. The number of aliphatic hydroxyl groups is 1. The third kappa shape index (κ3) is 2.64. The maximum Gasteiger partial charge on any atom is 0.0556 e. The molecule has 2 aromatic rings. The van der Waals surface area contributed by atoms with Gasteiger partial charge in [0.25, 0.3) is 0 Å². The molecule has 1 aliphatic carbocycles. The lowest BCUT2D eigenvalue weighted by molar-refractivity contribution is -0.00000482. The van der Waals surface area contributed by atoms with Crippen LogP contribution in [0.1, 0.15) is 35.7 Å². The van der Waals surface area contributed by atoms with Crippen LogP contribution in [-0.4, -0.2) is 23.2 Å². The van der Waals surface area contributed by atoms with Crippen LogP contribution in [0.2, 0.25) is 0 Å². The van der Waals surface area contributed by atoms with E-state index in [9.17, 15) is 0 Å². The zero-order valence-electron chi connectivity index (χ0n) is 11.2. The van der Waals surface area contributed by atoms with Crippen LogP contribution in [-0.2, 0) is 6.42 Å². The first-order valence-corrected chi connectivity index (χ1v) is 6.75. The smallest absolute Gasteiger partial charge is 0.0556 e. The Hall–Kier alpha value is -1.03. The van der Waals surface area contributed by atoms with Crippen LogP contribution in [0, 0.1) is 6.92 Å². The molecule has 0 bridgehead atoms. The minimum absolute atomic E-state index is 0. The van der Waals surface area contributed by atoms with Crippen molar-refractivity contribution >= 4 is 10.9 Å². The zero-order valence-corrected chi connectivity index (χ0v) is 11.9. The summed E-state index contributed by atoms with van der Waals surface area (Å²) in [7, 11) is 0. The Morgan fingerprint density at radius 2 is 2.26 bits per heavy atom. The summed E-state index contributed by atoms with van der Waals surface area (Å²) in [4.78, 5) is 3.56. The second-order valence-corrected chi connectivity index (χ2v) is 5.19. The van der Waals surface area contributed by atoms with E-state index in [1.54, 1.807) is 0 Å². The molecule has 1 aromatic heterocycles. The van der Waals surface area contributed by atoms with Gasteiger partial charge in [-0.15, -0.1) is 0 Å². The number of benzene rings is 1. The molecule has 0 fully saturated rings. The highest BCUT2D eigenvalue weighted by atomic mass is 35.5. The molecule has 1 heterocycles. The fraction of sp³-hybridized carbons (Fsp3) is 0.467. The van der Waals surface area contributed by atoms with E-state index in [2.05, 4.69) is 35.4 Å². The first kappa shape index (κ1) is 14.4. The van der Waals surface area contributed by atoms with Gasteiger partial charge in [-0.2, -0.15) is 0 Å². The fourth-order valence-electron chi connectivity index (χ4n) is 3.02. The summed E-state index contributed by atoms with van der Waals surface area (Å²) < 4.78 is 0. The quantitative estimate of drug-likeness (QED) is 0.705. The van der Waals surface area contributed by atoms with Gasteiger partial charge in [0.15, 0.2) is 0 Å². The number of halogens is 1. The molecule has 3 rings (SSSR count).